The van der Waals surface area contributed by atoms with Gasteiger partial charge < -0.3 is 9.72 Å². The summed E-state index contributed by atoms with van der Waals surface area (Å²) in [4.78, 5) is 14.6. The van der Waals surface area contributed by atoms with Crippen LogP contribution in [0.3, 0.4) is 0 Å². The second-order valence-electron chi connectivity index (χ2n) is 3.78. The fourth-order valence-electron chi connectivity index (χ4n) is 2.12. The van der Waals surface area contributed by atoms with Gasteiger partial charge in [0.25, 0.3) is 0 Å². The number of nitrogens with one attached hydrogen (secondary N) is 1. The van der Waals surface area contributed by atoms with Crippen molar-refractivity contribution in [3.8, 4) is 0 Å². The van der Waals surface area contributed by atoms with Gasteiger partial charge in [-0.15, -0.1) is 0 Å². The lowest BCUT2D eigenvalue weighted by Gasteiger charge is -2.10. The van der Waals surface area contributed by atoms with Gasteiger partial charge in [-0.3, -0.25) is 4.57 Å². The van der Waals surface area contributed by atoms with Crippen LogP contribution in [0, 0.1) is 0 Å². The van der Waals surface area contributed by atoms with Crippen molar-refractivity contribution in [3.05, 3.63) is 34.7 Å². The predicted molar refractivity (Wildman–Crippen MR) is 56.8 cm³/mol. The second-order valence-corrected chi connectivity index (χ2v) is 3.78. The molecule has 3 rings (SSSR count). The summed E-state index contributed by atoms with van der Waals surface area (Å²) in [5.74, 6) is 0. The largest absolute Gasteiger partial charge is 0.358 e. The highest BCUT2D eigenvalue weighted by Gasteiger charge is 2.21. The van der Waals surface area contributed by atoms with Crippen LogP contribution in [-0.2, 0) is 4.74 Å². The van der Waals surface area contributed by atoms with E-state index in [2.05, 4.69) is 4.98 Å². The van der Waals surface area contributed by atoms with E-state index >= 15 is 0 Å². The van der Waals surface area contributed by atoms with Gasteiger partial charge in [0.05, 0.1) is 11.0 Å². The highest BCUT2D eigenvalue weighted by molar-refractivity contribution is 5.75. The number of nitrogens with zero attached hydrogens (tertiary/aromatic N) is 1. The molecule has 1 aliphatic rings. The number of para-hydroxylation sites is 2. The van der Waals surface area contributed by atoms with E-state index in [0.29, 0.717) is 0 Å². The van der Waals surface area contributed by atoms with Gasteiger partial charge in [0.2, 0.25) is 0 Å². The minimum atomic E-state index is -0.0892. The summed E-state index contributed by atoms with van der Waals surface area (Å²) < 4.78 is 7.24. The first kappa shape index (κ1) is 8.73. The van der Waals surface area contributed by atoms with Crippen molar-refractivity contribution in [1.82, 2.24) is 9.55 Å². The normalized spacial score (nSPS) is 21.2. The van der Waals surface area contributed by atoms with Gasteiger partial charge in [-0.2, -0.15) is 0 Å². The fraction of sp³-hybridized carbons (Fsp3) is 0.364. The third-order valence-corrected chi connectivity index (χ3v) is 2.82. The molecule has 0 spiro atoms. The van der Waals surface area contributed by atoms with E-state index in [1.807, 2.05) is 24.3 Å². The van der Waals surface area contributed by atoms with Crippen LogP contribution in [0.25, 0.3) is 11.0 Å². The number of hydrogen-bond acceptors (Lipinski definition) is 2. The number of imidazole rings is 1. The van der Waals surface area contributed by atoms with Crippen molar-refractivity contribution in [2.75, 3.05) is 6.61 Å². The van der Waals surface area contributed by atoms with Crippen molar-refractivity contribution in [1.29, 1.82) is 0 Å². The minimum absolute atomic E-state index is 0.0805. The molecule has 1 aromatic carbocycles. The summed E-state index contributed by atoms with van der Waals surface area (Å²) in [6.45, 7) is 0.747. The molecule has 1 atom stereocenters. The molecular formula is C11H12N2O2. The highest BCUT2D eigenvalue weighted by atomic mass is 16.5. The maximum absolute atomic E-state index is 11.8. The number of aromatic amines is 1. The van der Waals surface area contributed by atoms with E-state index in [9.17, 15) is 4.79 Å². The molecule has 4 heteroatoms. The molecule has 0 radical (unpaired) electrons. The summed E-state index contributed by atoms with van der Waals surface area (Å²) in [7, 11) is 0. The minimum Gasteiger partial charge on any atom is -0.358 e. The number of hydrogen-bond donors (Lipinski definition) is 1. The number of ether oxygens (including phenoxy) is 1. The summed E-state index contributed by atoms with van der Waals surface area (Å²) in [6, 6.07) is 7.69. The number of H-pyrrole nitrogens is 1. The summed E-state index contributed by atoms with van der Waals surface area (Å²) in [5.41, 5.74) is 1.72. The number of aromatic nitrogens is 2. The molecule has 1 N–H and O–H groups in total. The van der Waals surface area contributed by atoms with Crippen LogP contribution < -0.4 is 5.69 Å². The molecule has 0 aliphatic carbocycles. The van der Waals surface area contributed by atoms with Crippen LogP contribution in [-0.4, -0.2) is 16.2 Å². The van der Waals surface area contributed by atoms with Gasteiger partial charge in [-0.1, -0.05) is 12.1 Å². The maximum atomic E-state index is 11.8. The van der Waals surface area contributed by atoms with Gasteiger partial charge in [0.15, 0.2) is 0 Å². The van der Waals surface area contributed by atoms with Crippen molar-refractivity contribution in [2.24, 2.45) is 0 Å². The molecule has 0 bridgehead atoms. The molecule has 1 aromatic heterocycles. The first-order valence-electron chi connectivity index (χ1n) is 5.17. The Bertz CT molecular complexity index is 535. The van der Waals surface area contributed by atoms with Gasteiger partial charge in [-0.05, 0) is 25.0 Å². The van der Waals surface area contributed by atoms with Gasteiger partial charge in [0, 0.05) is 6.61 Å². The number of benzene rings is 1. The Labute approximate surface area is 86.5 Å². The van der Waals surface area contributed by atoms with E-state index in [-0.39, 0.29) is 11.9 Å². The zero-order valence-corrected chi connectivity index (χ0v) is 8.27. The Morgan fingerprint density at radius 2 is 2.27 bits per heavy atom. The predicted octanol–water partition coefficient (Wildman–Crippen LogP) is 1.64. The topological polar surface area (TPSA) is 47.0 Å². The summed E-state index contributed by atoms with van der Waals surface area (Å²) in [6.07, 6.45) is 1.85. The van der Waals surface area contributed by atoms with Crippen molar-refractivity contribution in [2.45, 2.75) is 19.1 Å². The standard InChI is InChI=1S/C11H12N2O2/c14-11-12-8-4-1-2-5-9(8)13(11)10-6-3-7-15-10/h1-2,4-5,10H,3,6-7H2,(H,12,14). The lowest BCUT2D eigenvalue weighted by atomic mass is 10.3. The number of fused-ring (bicyclic) bond motifs is 1. The monoisotopic (exact) mass is 204 g/mol. The van der Waals surface area contributed by atoms with E-state index < -0.39 is 0 Å². The molecule has 0 saturated carbocycles. The Kier molecular flexibility index (Phi) is 1.89. The summed E-state index contributed by atoms with van der Waals surface area (Å²) >= 11 is 0. The molecule has 0 amide bonds. The molecule has 2 heterocycles. The first-order chi connectivity index (χ1) is 7.36. The quantitative estimate of drug-likeness (QED) is 0.767. The second kappa shape index (κ2) is 3.24. The highest BCUT2D eigenvalue weighted by Crippen LogP contribution is 2.24. The maximum Gasteiger partial charge on any atom is 0.328 e. The van der Waals surface area contributed by atoms with Gasteiger partial charge >= 0.3 is 5.69 Å². The lowest BCUT2D eigenvalue weighted by molar-refractivity contribution is 0.0573. The van der Waals surface area contributed by atoms with Crippen LogP contribution in [0.15, 0.2) is 29.1 Å². The van der Waals surface area contributed by atoms with Crippen molar-refractivity contribution >= 4 is 11.0 Å². The van der Waals surface area contributed by atoms with Crippen molar-refractivity contribution in [3.63, 3.8) is 0 Å². The molecule has 2 aromatic rings. The Morgan fingerprint density at radius 3 is 3.07 bits per heavy atom. The smallest absolute Gasteiger partial charge is 0.328 e. The van der Waals surface area contributed by atoms with Crippen LogP contribution in [0.5, 0.6) is 0 Å². The molecule has 1 saturated heterocycles. The fourth-order valence-corrected chi connectivity index (χ4v) is 2.12. The zero-order valence-electron chi connectivity index (χ0n) is 8.27. The molecular weight excluding hydrogens is 192 g/mol. The third kappa shape index (κ3) is 1.29. The van der Waals surface area contributed by atoms with Crippen LogP contribution in [0.4, 0.5) is 0 Å². The molecule has 1 unspecified atom stereocenters. The first-order valence-corrected chi connectivity index (χ1v) is 5.17. The SMILES string of the molecule is O=c1[nH]c2ccccc2n1C1CCCO1. The van der Waals surface area contributed by atoms with Gasteiger partial charge in [0.1, 0.15) is 6.23 Å². The average Bonchev–Trinajstić information content (AvgIpc) is 2.82. The molecule has 4 nitrogen and oxygen atoms in total. The Morgan fingerprint density at radius 1 is 1.40 bits per heavy atom. The van der Waals surface area contributed by atoms with E-state index in [4.69, 9.17) is 4.74 Å². The van der Waals surface area contributed by atoms with E-state index in [0.717, 1.165) is 30.5 Å². The Balaban J connectivity index is 2.23. The Hall–Kier alpha value is -1.55. The molecule has 78 valence electrons. The summed E-state index contributed by atoms with van der Waals surface area (Å²) in [5, 5.41) is 0. The van der Waals surface area contributed by atoms with Crippen LogP contribution in [0.1, 0.15) is 19.1 Å². The van der Waals surface area contributed by atoms with E-state index in [1.54, 1.807) is 4.57 Å². The van der Waals surface area contributed by atoms with Crippen molar-refractivity contribution < 1.29 is 4.74 Å². The molecule has 1 fully saturated rings. The van der Waals surface area contributed by atoms with Crippen LogP contribution in [0.2, 0.25) is 0 Å². The third-order valence-electron chi connectivity index (χ3n) is 2.82. The lowest BCUT2D eigenvalue weighted by Crippen LogP contribution is -2.21. The molecule has 1 aliphatic heterocycles. The van der Waals surface area contributed by atoms with Gasteiger partial charge in [-0.25, -0.2) is 4.79 Å². The molecule has 15 heavy (non-hydrogen) atoms. The number of rotatable bonds is 1. The zero-order chi connectivity index (χ0) is 10.3. The van der Waals surface area contributed by atoms with Crippen LogP contribution >= 0.6 is 0 Å². The van der Waals surface area contributed by atoms with E-state index in [1.165, 1.54) is 0 Å². The average molecular weight is 204 g/mol.